The van der Waals surface area contributed by atoms with Crippen molar-refractivity contribution in [3.63, 3.8) is 0 Å². The minimum absolute atomic E-state index is 0.805. The van der Waals surface area contributed by atoms with Gasteiger partial charge in [0.15, 0.2) is 5.65 Å². The summed E-state index contributed by atoms with van der Waals surface area (Å²) in [4.78, 5) is 14.4. The monoisotopic (exact) mass is 445 g/mol. The second-order valence-corrected chi connectivity index (χ2v) is 10.3. The van der Waals surface area contributed by atoms with Gasteiger partial charge in [-0.2, -0.15) is 0 Å². The molecule has 32 heavy (non-hydrogen) atoms. The molecule has 0 unspecified atom stereocenters. The number of hydrogen-bond acceptors (Lipinski definition) is 5. The number of aryl methyl sites for hydroxylation is 2. The summed E-state index contributed by atoms with van der Waals surface area (Å²) in [5, 5.41) is 3.61. The first-order valence-corrected chi connectivity index (χ1v) is 12.3. The van der Waals surface area contributed by atoms with E-state index in [0.29, 0.717) is 0 Å². The Balaban J connectivity index is 1.46. The lowest BCUT2D eigenvalue weighted by Crippen LogP contribution is -2.33. The van der Waals surface area contributed by atoms with Crippen molar-refractivity contribution < 1.29 is 0 Å². The molecule has 166 valence electrons. The molecule has 4 aromatic rings. The lowest BCUT2D eigenvalue weighted by molar-refractivity contribution is 0.438. The molecule has 5 rings (SSSR count). The molecule has 0 aromatic carbocycles. The van der Waals surface area contributed by atoms with E-state index < -0.39 is 0 Å². The van der Waals surface area contributed by atoms with Crippen molar-refractivity contribution in [2.24, 2.45) is 5.92 Å². The maximum atomic E-state index is 4.87. The normalized spacial score (nSPS) is 15.0. The highest BCUT2D eigenvalue weighted by Crippen LogP contribution is 2.33. The van der Waals surface area contributed by atoms with Crippen LogP contribution in [0.4, 0.5) is 5.69 Å². The first-order valence-electron chi connectivity index (χ1n) is 11.5. The summed E-state index contributed by atoms with van der Waals surface area (Å²) in [6.45, 7) is 10.4. The second-order valence-electron chi connectivity index (χ2n) is 9.06. The fourth-order valence-corrected chi connectivity index (χ4v) is 5.29. The number of nitrogens with zero attached hydrogens (tertiary/aromatic N) is 4. The van der Waals surface area contributed by atoms with Crippen molar-refractivity contribution in [3.8, 4) is 10.6 Å². The van der Waals surface area contributed by atoms with Gasteiger partial charge in [-0.1, -0.05) is 13.0 Å². The average molecular weight is 446 g/mol. The molecule has 0 radical (unpaired) electrons. The van der Waals surface area contributed by atoms with Crippen LogP contribution in [0.3, 0.4) is 0 Å². The molecule has 1 N–H and O–H groups in total. The molecule has 4 aromatic heterocycles. The number of rotatable bonds is 6. The zero-order chi connectivity index (χ0) is 22.1. The third kappa shape index (κ3) is 4.43. The van der Waals surface area contributed by atoms with Gasteiger partial charge in [-0.3, -0.25) is 9.38 Å². The minimum Gasteiger partial charge on any atom is -0.369 e. The predicted molar refractivity (Wildman–Crippen MR) is 133 cm³/mol. The zero-order valence-corrected chi connectivity index (χ0v) is 20.0. The van der Waals surface area contributed by atoms with E-state index in [0.717, 1.165) is 43.4 Å². The molecule has 6 heteroatoms. The Morgan fingerprint density at radius 3 is 2.53 bits per heavy atom. The van der Waals surface area contributed by atoms with Crippen molar-refractivity contribution >= 4 is 22.7 Å². The number of aromatic nitrogens is 3. The summed E-state index contributed by atoms with van der Waals surface area (Å²) in [5.74, 6) is 0.805. The number of imidazole rings is 1. The maximum absolute atomic E-state index is 4.87. The Bertz CT molecular complexity index is 1200. The van der Waals surface area contributed by atoms with Crippen molar-refractivity contribution in [2.45, 2.75) is 46.7 Å². The first kappa shape index (κ1) is 21.2. The first-order chi connectivity index (χ1) is 15.6. The van der Waals surface area contributed by atoms with Gasteiger partial charge < -0.3 is 10.2 Å². The molecule has 0 bridgehead atoms. The predicted octanol–water partition coefficient (Wildman–Crippen LogP) is 5.60. The molecule has 5 nitrogen and oxygen atoms in total. The topological polar surface area (TPSA) is 45.5 Å². The van der Waals surface area contributed by atoms with Gasteiger partial charge in [-0.05, 0) is 68.0 Å². The van der Waals surface area contributed by atoms with Crippen molar-refractivity contribution in [1.82, 2.24) is 19.7 Å². The second kappa shape index (κ2) is 9.04. The number of thiophene rings is 1. The summed E-state index contributed by atoms with van der Waals surface area (Å²) in [5.41, 5.74) is 7.03. The summed E-state index contributed by atoms with van der Waals surface area (Å²) >= 11 is 1.83. The Kier molecular flexibility index (Phi) is 5.98. The van der Waals surface area contributed by atoms with E-state index in [2.05, 4.69) is 70.0 Å². The third-order valence-corrected chi connectivity index (χ3v) is 7.41. The van der Waals surface area contributed by atoms with E-state index in [-0.39, 0.29) is 0 Å². The largest absolute Gasteiger partial charge is 0.369 e. The van der Waals surface area contributed by atoms with E-state index in [1.165, 1.54) is 45.1 Å². The molecule has 0 atom stereocenters. The van der Waals surface area contributed by atoms with Crippen LogP contribution in [0.15, 0.2) is 48.9 Å². The number of nitrogens with one attached hydrogen (secondary N) is 1. The Labute approximate surface area is 194 Å². The summed E-state index contributed by atoms with van der Waals surface area (Å²) in [6.07, 6.45) is 8.73. The van der Waals surface area contributed by atoms with Crippen LogP contribution < -0.4 is 10.2 Å². The van der Waals surface area contributed by atoms with Crippen LogP contribution in [-0.2, 0) is 13.1 Å². The molecule has 0 saturated carbocycles. The molecular weight excluding hydrogens is 414 g/mol. The van der Waals surface area contributed by atoms with Crippen LogP contribution in [0, 0.1) is 19.8 Å². The highest BCUT2D eigenvalue weighted by molar-refractivity contribution is 7.15. The zero-order valence-electron chi connectivity index (χ0n) is 19.1. The van der Waals surface area contributed by atoms with Gasteiger partial charge in [0.25, 0.3) is 0 Å². The van der Waals surface area contributed by atoms with Crippen molar-refractivity contribution in [2.75, 3.05) is 18.0 Å². The third-order valence-electron chi connectivity index (χ3n) is 6.39. The SMILES string of the molecule is Cc1ccc(CNCc2cc(N3CCC(C)CC3)c3ncc(-c4ccc(C)s4)n3c2)cn1. The summed E-state index contributed by atoms with van der Waals surface area (Å²) in [7, 11) is 0. The smallest absolute Gasteiger partial charge is 0.161 e. The molecule has 0 amide bonds. The van der Waals surface area contributed by atoms with Crippen LogP contribution >= 0.6 is 11.3 Å². The van der Waals surface area contributed by atoms with Gasteiger partial charge in [0.05, 0.1) is 22.5 Å². The van der Waals surface area contributed by atoms with Gasteiger partial charge >= 0.3 is 0 Å². The fourth-order valence-electron chi connectivity index (χ4n) is 4.41. The van der Waals surface area contributed by atoms with Crippen molar-refractivity contribution in [3.05, 3.63) is 70.6 Å². The molecule has 5 heterocycles. The molecule has 1 aliphatic heterocycles. The molecular formula is C26H31N5S. The van der Waals surface area contributed by atoms with Gasteiger partial charge in [0.2, 0.25) is 0 Å². The van der Waals surface area contributed by atoms with Crippen LogP contribution in [0.25, 0.3) is 16.2 Å². The van der Waals surface area contributed by atoms with E-state index in [1.807, 2.05) is 30.7 Å². The fraction of sp³-hybridized carbons (Fsp3) is 0.385. The number of piperidine rings is 1. The van der Waals surface area contributed by atoms with E-state index in [1.54, 1.807) is 0 Å². The number of hydrogen-bond donors (Lipinski definition) is 1. The molecule has 1 aliphatic rings. The Hall–Kier alpha value is -2.70. The quantitative estimate of drug-likeness (QED) is 0.420. The Morgan fingerprint density at radius 1 is 1.00 bits per heavy atom. The van der Waals surface area contributed by atoms with Gasteiger partial charge in [0, 0.05) is 49.1 Å². The van der Waals surface area contributed by atoms with Gasteiger partial charge in [-0.15, -0.1) is 11.3 Å². The van der Waals surface area contributed by atoms with Crippen LogP contribution in [0.2, 0.25) is 0 Å². The lowest BCUT2D eigenvalue weighted by Gasteiger charge is -2.32. The van der Waals surface area contributed by atoms with Gasteiger partial charge in [0.1, 0.15) is 0 Å². The standard InChI is InChI=1S/C26H31N5S/c1-18-8-10-30(11-9-18)23-12-22(14-27-13-21-6-4-19(2)28-15-21)17-31-24(16-29-26(23)31)25-7-5-20(3)32-25/h4-7,12,15-18,27H,8-11,13-14H2,1-3H3. The number of pyridine rings is 2. The summed E-state index contributed by atoms with van der Waals surface area (Å²) < 4.78 is 2.29. The van der Waals surface area contributed by atoms with Crippen LogP contribution in [-0.4, -0.2) is 27.5 Å². The number of fused-ring (bicyclic) bond motifs is 1. The molecule has 0 aliphatic carbocycles. The molecule has 1 fully saturated rings. The van der Waals surface area contributed by atoms with Gasteiger partial charge in [-0.25, -0.2) is 4.98 Å². The van der Waals surface area contributed by atoms with Crippen molar-refractivity contribution in [1.29, 1.82) is 0 Å². The highest BCUT2D eigenvalue weighted by atomic mass is 32.1. The maximum Gasteiger partial charge on any atom is 0.161 e. The van der Waals surface area contributed by atoms with Crippen LogP contribution in [0.5, 0.6) is 0 Å². The van der Waals surface area contributed by atoms with E-state index >= 15 is 0 Å². The Morgan fingerprint density at radius 2 is 1.81 bits per heavy atom. The molecule has 1 saturated heterocycles. The average Bonchev–Trinajstić information content (AvgIpc) is 3.41. The van der Waals surface area contributed by atoms with E-state index in [9.17, 15) is 0 Å². The number of anilines is 1. The van der Waals surface area contributed by atoms with Crippen LogP contribution in [0.1, 0.15) is 41.5 Å². The van der Waals surface area contributed by atoms with E-state index in [4.69, 9.17) is 4.98 Å². The summed E-state index contributed by atoms with van der Waals surface area (Å²) in [6, 6.07) is 10.9. The lowest BCUT2D eigenvalue weighted by atomic mass is 9.99. The minimum atomic E-state index is 0.805. The molecule has 0 spiro atoms. The highest BCUT2D eigenvalue weighted by Gasteiger charge is 2.21.